The first-order chi connectivity index (χ1) is 14.3. The summed E-state index contributed by atoms with van der Waals surface area (Å²) in [5, 5.41) is 2.26. The van der Waals surface area contributed by atoms with E-state index in [1.54, 1.807) is 38.1 Å². The van der Waals surface area contributed by atoms with Gasteiger partial charge in [-0.15, -0.1) is 11.3 Å². The van der Waals surface area contributed by atoms with E-state index in [1.165, 1.54) is 22.3 Å². The maximum absolute atomic E-state index is 14.5. The maximum atomic E-state index is 14.5. The van der Waals surface area contributed by atoms with E-state index in [2.05, 4.69) is 4.98 Å². The second kappa shape index (κ2) is 9.03. The number of nitrogens with zero attached hydrogens (tertiary/aromatic N) is 3. The van der Waals surface area contributed by atoms with E-state index in [4.69, 9.17) is 0 Å². The largest absolute Gasteiger partial charge is 0.268 e. The van der Waals surface area contributed by atoms with Crippen LogP contribution in [0.4, 0.5) is 15.2 Å². The SMILES string of the molecule is CCN(CC)S(=O)(=O)c1cc(C(=O)N(c2ccccc2)c2nc(C)cs2)ccc1F. The molecule has 0 aliphatic carbocycles. The summed E-state index contributed by atoms with van der Waals surface area (Å²) >= 11 is 1.29. The quantitative estimate of drug-likeness (QED) is 0.531. The fraction of sp³-hybridized carbons (Fsp3) is 0.238. The molecular formula is C21H22FN3O3S2. The third-order valence-corrected chi connectivity index (χ3v) is 7.53. The van der Waals surface area contributed by atoms with Crippen molar-refractivity contribution < 1.29 is 17.6 Å². The number of carbonyl (C=O) groups is 1. The molecule has 0 saturated carbocycles. The Morgan fingerprint density at radius 1 is 1.10 bits per heavy atom. The van der Waals surface area contributed by atoms with Gasteiger partial charge in [0.2, 0.25) is 10.0 Å². The van der Waals surface area contributed by atoms with Gasteiger partial charge in [-0.1, -0.05) is 32.0 Å². The average Bonchev–Trinajstić information content (AvgIpc) is 3.15. The number of hydrogen-bond donors (Lipinski definition) is 0. The highest BCUT2D eigenvalue weighted by molar-refractivity contribution is 7.89. The van der Waals surface area contributed by atoms with Crippen LogP contribution < -0.4 is 4.90 Å². The molecule has 0 bridgehead atoms. The van der Waals surface area contributed by atoms with Crippen LogP contribution in [0, 0.1) is 12.7 Å². The summed E-state index contributed by atoms with van der Waals surface area (Å²) in [5.74, 6) is -1.39. The fourth-order valence-electron chi connectivity index (χ4n) is 3.00. The third-order valence-electron chi connectivity index (χ3n) is 4.52. The molecule has 1 aromatic heterocycles. The Balaban J connectivity index is 2.11. The van der Waals surface area contributed by atoms with Crippen LogP contribution in [-0.4, -0.2) is 36.7 Å². The third kappa shape index (κ3) is 4.28. The Morgan fingerprint density at radius 2 is 1.77 bits per heavy atom. The zero-order chi connectivity index (χ0) is 21.9. The first-order valence-electron chi connectivity index (χ1n) is 9.41. The molecule has 6 nitrogen and oxygen atoms in total. The molecule has 0 N–H and O–H groups in total. The van der Waals surface area contributed by atoms with Crippen molar-refractivity contribution in [1.29, 1.82) is 0 Å². The van der Waals surface area contributed by atoms with Gasteiger partial charge in [-0.3, -0.25) is 9.69 Å². The number of rotatable bonds is 7. The molecule has 0 aliphatic rings. The minimum absolute atomic E-state index is 0.0545. The highest BCUT2D eigenvalue weighted by atomic mass is 32.2. The molecule has 3 rings (SSSR count). The van der Waals surface area contributed by atoms with Gasteiger partial charge in [-0.05, 0) is 37.3 Å². The van der Waals surface area contributed by atoms with Gasteiger partial charge in [0.05, 0.1) is 11.4 Å². The summed E-state index contributed by atoms with van der Waals surface area (Å²) in [6, 6.07) is 12.3. The van der Waals surface area contributed by atoms with Crippen molar-refractivity contribution >= 4 is 38.1 Å². The van der Waals surface area contributed by atoms with Gasteiger partial charge in [-0.2, -0.15) is 4.31 Å². The molecule has 158 valence electrons. The van der Waals surface area contributed by atoms with Crippen molar-refractivity contribution in [2.75, 3.05) is 18.0 Å². The lowest BCUT2D eigenvalue weighted by molar-refractivity contribution is 0.0999. The molecule has 0 fully saturated rings. The van der Waals surface area contributed by atoms with E-state index >= 15 is 0 Å². The Hall–Kier alpha value is -2.62. The monoisotopic (exact) mass is 447 g/mol. The van der Waals surface area contributed by atoms with Crippen LogP contribution >= 0.6 is 11.3 Å². The molecule has 0 saturated heterocycles. The highest BCUT2D eigenvalue weighted by Crippen LogP contribution is 2.31. The zero-order valence-corrected chi connectivity index (χ0v) is 18.5. The van der Waals surface area contributed by atoms with Gasteiger partial charge in [0.15, 0.2) is 5.13 Å². The van der Waals surface area contributed by atoms with E-state index in [9.17, 15) is 17.6 Å². The molecule has 2 aromatic carbocycles. The van der Waals surface area contributed by atoms with Crippen molar-refractivity contribution in [3.63, 3.8) is 0 Å². The molecule has 0 unspecified atom stereocenters. The molecule has 1 heterocycles. The summed E-state index contributed by atoms with van der Waals surface area (Å²) < 4.78 is 41.3. The van der Waals surface area contributed by atoms with Crippen LogP contribution in [0.2, 0.25) is 0 Å². The van der Waals surface area contributed by atoms with E-state index in [0.717, 1.165) is 22.1 Å². The van der Waals surface area contributed by atoms with Crippen molar-refractivity contribution in [2.24, 2.45) is 0 Å². The second-order valence-corrected chi connectivity index (χ2v) is 9.23. The Bertz CT molecular complexity index is 1140. The number of carbonyl (C=O) groups excluding carboxylic acids is 1. The number of hydrogen-bond acceptors (Lipinski definition) is 5. The van der Waals surface area contributed by atoms with E-state index in [1.807, 2.05) is 18.4 Å². The fourth-order valence-corrected chi connectivity index (χ4v) is 5.37. The smallest absolute Gasteiger partial charge is 0.264 e. The summed E-state index contributed by atoms with van der Waals surface area (Å²) in [5.41, 5.74) is 1.39. The number of para-hydroxylation sites is 1. The van der Waals surface area contributed by atoms with Crippen LogP contribution in [0.5, 0.6) is 0 Å². The molecule has 0 spiro atoms. The van der Waals surface area contributed by atoms with Crippen LogP contribution in [-0.2, 0) is 10.0 Å². The van der Waals surface area contributed by atoms with Gasteiger partial charge in [0.1, 0.15) is 10.7 Å². The minimum atomic E-state index is -4.06. The lowest BCUT2D eigenvalue weighted by Crippen LogP contribution is -2.32. The van der Waals surface area contributed by atoms with Gasteiger partial charge >= 0.3 is 0 Å². The molecule has 1 amide bonds. The normalized spacial score (nSPS) is 11.6. The molecule has 9 heteroatoms. The zero-order valence-electron chi connectivity index (χ0n) is 16.9. The lowest BCUT2D eigenvalue weighted by atomic mass is 10.2. The van der Waals surface area contributed by atoms with Crippen molar-refractivity contribution in [3.05, 3.63) is 71.0 Å². The molecule has 0 aliphatic heterocycles. The first kappa shape index (κ1) is 22.1. The molecule has 30 heavy (non-hydrogen) atoms. The van der Waals surface area contributed by atoms with Gasteiger partial charge in [0.25, 0.3) is 5.91 Å². The number of sulfonamides is 1. The predicted molar refractivity (Wildman–Crippen MR) is 116 cm³/mol. The van der Waals surface area contributed by atoms with Crippen molar-refractivity contribution in [2.45, 2.75) is 25.7 Å². The summed E-state index contributed by atoms with van der Waals surface area (Å²) in [6.45, 7) is 5.57. The van der Waals surface area contributed by atoms with Crippen LogP contribution in [0.1, 0.15) is 29.9 Å². The standard InChI is InChI=1S/C21H22FN3O3S2/c1-4-24(5-2)30(27,28)19-13-16(11-12-18(19)22)20(26)25(17-9-7-6-8-10-17)21-23-15(3)14-29-21/h6-14H,4-5H2,1-3H3. The Kier molecular flexibility index (Phi) is 6.64. The van der Waals surface area contributed by atoms with Gasteiger partial charge in [0, 0.05) is 24.0 Å². The predicted octanol–water partition coefficient (Wildman–Crippen LogP) is 4.60. The molecular weight excluding hydrogens is 425 g/mol. The van der Waals surface area contributed by atoms with E-state index in [-0.39, 0.29) is 18.7 Å². The van der Waals surface area contributed by atoms with Crippen molar-refractivity contribution in [1.82, 2.24) is 9.29 Å². The number of aryl methyl sites for hydroxylation is 1. The average molecular weight is 448 g/mol. The highest BCUT2D eigenvalue weighted by Gasteiger charge is 2.29. The first-order valence-corrected chi connectivity index (χ1v) is 11.7. The molecule has 0 radical (unpaired) electrons. The molecule has 3 aromatic rings. The summed E-state index contributed by atoms with van der Waals surface area (Å²) in [4.78, 5) is 18.7. The van der Waals surface area contributed by atoms with E-state index in [0.29, 0.717) is 10.8 Å². The number of thiazole rings is 1. The maximum Gasteiger partial charge on any atom is 0.264 e. The van der Waals surface area contributed by atoms with Gasteiger partial charge in [-0.25, -0.2) is 17.8 Å². The van der Waals surface area contributed by atoms with E-state index < -0.39 is 26.6 Å². The number of anilines is 2. The summed E-state index contributed by atoms with van der Waals surface area (Å²) in [7, 11) is -4.06. The van der Waals surface area contributed by atoms with Crippen molar-refractivity contribution in [3.8, 4) is 0 Å². The van der Waals surface area contributed by atoms with Crippen LogP contribution in [0.15, 0.2) is 58.8 Å². The van der Waals surface area contributed by atoms with Crippen LogP contribution in [0.3, 0.4) is 0 Å². The molecule has 0 atom stereocenters. The minimum Gasteiger partial charge on any atom is -0.268 e. The second-order valence-electron chi connectivity index (χ2n) is 6.48. The summed E-state index contributed by atoms with van der Waals surface area (Å²) in [6.07, 6.45) is 0. The van der Waals surface area contributed by atoms with Gasteiger partial charge < -0.3 is 0 Å². The van der Waals surface area contributed by atoms with Crippen LogP contribution in [0.25, 0.3) is 0 Å². The Labute approximate surface area is 179 Å². The number of amides is 1. The number of aromatic nitrogens is 1. The Morgan fingerprint density at radius 3 is 2.33 bits per heavy atom. The topological polar surface area (TPSA) is 70.6 Å². The lowest BCUT2D eigenvalue weighted by Gasteiger charge is -2.22. The number of benzene rings is 2. The number of halogens is 1.